The van der Waals surface area contributed by atoms with Crippen LogP contribution < -0.4 is 4.90 Å². The minimum Gasteiger partial charge on any atom is -0.456 e. The van der Waals surface area contributed by atoms with Crippen molar-refractivity contribution < 1.29 is 4.42 Å². The summed E-state index contributed by atoms with van der Waals surface area (Å²) >= 11 is 1.86. The molecule has 0 radical (unpaired) electrons. The number of anilines is 3. The van der Waals surface area contributed by atoms with Gasteiger partial charge in [-0.25, -0.2) is 0 Å². The fourth-order valence-corrected chi connectivity index (χ4v) is 9.46. The topological polar surface area (TPSA) is 16.4 Å². The van der Waals surface area contributed by atoms with E-state index in [4.69, 9.17) is 4.42 Å². The van der Waals surface area contributed by atoms with Crippen molar-refractivity contribution in [3.63, 3.8) is 0 Å². The fourth-order valence-electron chi connectivity index (χ4n) is 8.33. The molecule has 0 saturated heterocycles. The number of nitrogens with zero attached hydrogens (tertiary/aromatic N) is 1. The number of thiophene rings is 1. The maximum Gasteiger partial charge on any atom is 0.137 e. The average Bonchev–Trinajstić information content (AvgIpc) is 3.80. The zero-order chi connectivity index (χ0) is 34.9. The number of para-hydroxylation sites is 2. The van der Waals surface area contributed by atoms with Crippen LogP contribution in [-0.2, 0) is 0 Å². The van der Waals surface area contributed by atoms with Gasteiger partial charge < -0.3 is 9.32 Å². The van der Waals surface area contributed by atoms with Crippen molar-refractivity contribution in [2.24, 2.45) is 0 Å². The van der Waals surface area contributed by atoms with E-state index < -0.39 is 0 Å². The van der Waals surface area contributed by atoms with Crippen LogP contribution in [0.2, 0.25) is 0 Å². The summed E-state index contributed by atoms with van der Waals surface area (Å²) in [5, 5.41) is 9.81. The Kier molecular flexibility index (Phi) is 6.76. The average molecular weight is 694 g/mol. The molecule has 0 unspecified atom stereocenters. The van der Waals surface area contributed by atoms with Crippen LogP contribution in [0.4, 0.5) is 17.1 Å². The molecule has 11 aromatic rings. The minimum atomic E-state index is 0.870. The van der Waals surface area contributed by atoms with Crippen molar-refractivity contribution in [1.29, 1.82) is 0 Å². The van der Waals surface area contributed by atoms with Gasteiger partial charge >= 0.3 is 0 Å². The highest BCUT2D eigenvalue weighted by molar-refractivity contribution is 7.25. The molecular weight excluding hydrogens is 663 g/mol. The third kappa shape index (κ3) is 4.71. The Bertz CT molecular complexity index is 3190. The molecule has 0 aliphatic heterocycles. The Morgan fingerprint density at radius 3 is 1.89 bits per heavy atom. The summed E-state index contributed by atoms with van der Waals surface area (Å²) < 4.78 is 9.08. The third-order valence-corrected chi connectivity index (χ3v) is 11.8. The molecule has 2 aromatic heterocycles. The van der Waals surface area contributed by atoms with E-state index in [0.29, 0.717) is 0 Å². The van der Waals surface area contributed by atoms with Gasteiger partial charge in [-0.3, -0.25) is 0 Å². The van der Waals surface area contributed by atoms with Crippen LogP contribution in [0.15, 0.2) is 192 Å². The third-order valence-electron chi connectivity index (χ3n) is 10.7. The number of fused-ring (bicyclic) bond motifs is 9. The molecule has 0 fully saturated rings. The molecule has 9 aromatic carbocycles. The summed E-state index contributed by atoms with van der Waals surface area (Å²) in [6.07, 6.45) is 0. The molecule has 0 spiro atoms. The highest BCUT2D eigenvalue weighted by Crippen LogP contribution is 2.48. The first-order valence-electron chi connectivity index (χ1n) is 18.0. The fraction of sp³-hybridized carbons (Fsp3) is 0. The molecule has 2 heterocycles. The Morgan fingerprint density at radius 2 is 1.00 bits per heavy atom. The molecular formula is C50H31NOS. The van der Waals surface area contributed by atoms with Crippen LogP contribution in [0.5, 0.6) is 0 Å². The predicted octanol–water partition coefficient (Wildman–Crippen LogP) is 15.1. The number of furan rings is 1. The molecule has 0 aliphatic rings. The van der Waals surface area contributed by atoms with E-state index in [1.807, 2.05) is 17.4 Å². The SMILES string of the molecule is c1ccc(N(c2ccc(-c3cccc4sc5ccccc5c34)cc2)c2cccc3oc4ccccc4c23)c(-c2cc3ccccc3c3ccccc23)c1. The maximum atomic E-state index is 6.46. The van der Waals surface area contributed by atoms with Crippen molar-refractivity contribution in [2.45, 2.75) is 0 Å². The monoisotopic (exact) mass is 693 g/mol. The quantitative estimate of drug-likeness (QED) is 0.167. The predicted molar refractivity (Wildman–Crippen MR) is 227 cm³/mol. The van der Waals surface area contributed by atoms with Crippen LogP contribution in [0.1, 0.15) is 0 Å². The highest BCUT2D eigenvalue weighted by atomic mass is 32.1. The van der Waals surface area contributed by atoms with E-state index in [1.165, 1.54) is 58.4 Å². The normalized spacial score (nSPS) is 11.8. The molecule has 0 amide bonds. The molecule has 0 bridgehead atoms. The lowest BCUT2D eigenvalue weighted by molar-refractivity contribution is 0.669. The second-order valence-electron chi connectivity index (χ2n) is 13.6. The molecule has 3 heteroatoms. The zero-order valence-corrected chi connectivity index (χ0v) is 29.5. The van der Waals surface area contributed by atoms with Gasteiger partial charge in [-0.05, 0) is 92.8 Å². The van der Waals surface area contributed by atoms with E-state index in [-0.39, 0.29) is 0 Å². The molecule has 0 saturated carbocycles. The van der Waals surface area contributed by atoms with E-state index in [9.17, 15) is 0 Å². The van der Waals surface area contributed by atoms with Gasteiger partial charge in [0.05, 0.1) is 16.8 Å². The van der Waals surface area contributed by atoms with Gasteiger partial charge in [0.15, 0.2) is 0 Å². The standard InChI is InChI=1S/C50H31NOS/c1-2-14-35-33(13-1)31-42(38-16-4-3-15-37(35)38)39-17-5-8-21-43(39)51(44-22-12-24-46-50(44)40-18-6-9-23-45(40)52-46)34-29-27-32(28-30-34)36-20-11-26-48-49(36)41-19-7-10-25-47(41)53-48/h1-31H. The van der Waals surface area contributed by atoms with Crippen molar-refractivity contribution >= 4 is 92.1 Å². The van der Waals surface area contributed by atoms with Gasteiger partial charge in [0, 0.05) is 36.8 Å². The van der Waals surface area contributed by atoms with Gasteiger partial charge in [-0.1, -0.05) is 133 Å². The van der Waals surface area contributed by atoms with E-state index in [2.05, 4.69) is 187 Å². The first-order chi connectivity index (χ1) is 26.3. The van der Waals surface area contributed by atoms with Crippen molar-refractivity contribution in [1.82, 2.24) is 0 Å². The van der Waals surface area contributed by atoms with Crippen LogP contribution in [-0.4, -0.2) is 0 Å². The molecule has 0 aliphatic carbocycles. The van der Waals surface area contributed by atoms with Gasteiger partial charge in [0.25, 0.3) is 0 Å². The Morgan fingerprint density at radius 1 is 0.377 bits per heavy atom. The summed E-state index contributed by atoms with van der Waals surface area (Å²) in [6, 6.07) is 68.0. The Balaban J connectivity index is 1.17. The van der Waals surface area contributed by atoms with E-state index >= 15 is 0 Å². The lowest BCUT2D eigenvalue weighted by Crippen LogP contribution is -2.11. The summed E-state index contributed by atoms with van der Waals surface area (Å²) in [6.45, 7) is 0. The van der Waals surface area contributed by atoms with E-state index in [1.54, 1.807) is 0 Å². The summed E-state index contributed by atoms with van der Waals surface area (Å²) in [4.78, 5) is 2.42. The zero-order valence-electron chi connectivity index (χ0n) is 28.7. The number of hydrogen-bond donors (Lipinski definition) is 0. The first-order valence-corrected chi connectivity index (χ1v) is 18.8. The van der Waals surface area contributed by atoms with Crippen LogP contribution >= 0.6 is 11.3 Å². The summed E-state index contributed by atoms with van der Waals surface area (Å²) in [5.41, 5.74) is 9.83. The largest absolute Gasteiger partial charge is 0.456 e. The maximum absolute atomic E-state index is 6.46. The number of benzene rings is 9. The Hall–Kier alpha value is -6.68. The van der Waals surface area contributed by atoms with Gasteiger partial charge in [0.1, 0.15) is 11.2 Å². The smallest absolute Gasteiger partial charge is 0.137 e. The first kappa shape index (κ1) is 30.0. The second-order valence-corrected chi connectivity index (χ2v) is 14.7. The lowest BCUT2D eigenvalue weighted by atomic mass is 9.92. The van der Waals surface area contributed by atoms with Gasteiger partial charge in [0.2, 0.25) is 0 Å². The molecule has 0 atom stereocenters. The summed E-state index contributed by atoms with van der Waals surface area (Å²) in [5.74, 6) is 0. The van der Waals surface area contributed by atoms with Gasteiger partial charge in [-0.15, -0.1) is 11.3 Å². The molecule has 11 rings (SSSR count). The number of rotatable bonds is 5. The highest BCUT2D eigenvalue weighted by Gasteiger charge is 2.23. The lowest BCUT2D eigenvalue weighted by Gasteiger charge is -2.29. The van der Waals surface area contributed by atoms with Crippen molar-refractivity contribution in [3.8, 4) is 22.3 Å². The van der Waals surface area contributed by atoms with Crippen LogP contribution in [0, 0.1) is 0 Å². The minimum absolute atomic E-state index is 0.870. The molecule has 0 N–H and O–H groups in total. The molecule has 248 valence electrons. The van der Waals surface area contributed by atoms with Crippen LogP contribution in [0.3, 0.4) is 0 Å². The molecule has 53 heavy (non-hydrogen) atoms. The van der Waals surface area contributed by atoms with Crippen LogP contribution in [0.25, 0.3) is 85.9 Å². The Labute approximate surface area is 310 Å². The second kappa shape index (κ2) is 11.9. The number of hydrogen-bond acceptors (Lipinski definition) is 3. The van der Waals surface area contributed by atoms with E-state index in [0.717, 1.165) is 44.6 Å². The van der Waals surface area contributed by atoms with Crippen molar-refractivity contribution in [2.75, 3.05) is 4.90 Å². The van der Waals surface area contributed by atoms with Crippen molar-refractivity contribution in [3.05, 3.63) is 188 Å². The summed E-state index contributed by atoms with van der Waals surface area (Å²) in [7, 11) is 0. The van der Waals surface area contributed by atoms with Gasteiger partial charge in [-0.2, -0.15) is 0 Å². The molecule has 2 nitrogen and oxygen atoms in total.